The molecule has 1 aromatic heterocycles. The number of anilines is 1. The van der Waals surface area contributed by atoms with Gasteiger partial charge in [0.25, 0.3) is 5.91 Å². The Bertz CT molecular complexity index is 699. The maximum atomic E-state index is 12.6. The summed E-state index contributed by atoms with van der Waals surface area (Å²) in [5.74, 6) is 0.405. The molecule has 1 fully saturated rings. The first kappa shape index (κ1) is 16.4. The molecule has 6 nitrogen and oxygen atoms in total. The van der Waals surface area contributed by atoms with Gasteiger partial charge in [-0.3, -0.25) is 4.79 Å². The van der Waals surface area contributed by atoms with Gasteiger partial charge in [0.05, 0.1) is 19.3 Å². The standard InChI is InChI=1S/C18H22N4O2/c1-13-12-16(21-18(19-13)22-8-10-24-11-9-22)17(23)20-14(2)15-6-4-3-5-7-15/h3-7,12,14H,8-11H2,1-2H3,(H,20,23). The Balaban J connectivity index is 1.75. The minimum absolute atomic E-state index is 0.0826. The molecule has 2 aromatic rings. The normalized spacial score (nSPS) is 15.8. The van der Waals surface area contributed by atoms with Gasteiger partial charge in [0.2, 0.25) is 5.95 Å². The molecule has 126 valence electrons. The van der Waals surface area contributed by atoms with Gasteiger partial charge in [-0.1, -0.05) is 30.3 Å². The van der Waals surface area contributed by atoms with Crippen LogP contribution in [0.15, 0.2) is 36.4 Å². The van der Waals surface area contributed by atoms with Crippen molar-refractivity contribution in [1.82, 2.24) is 15.3 Å². The highest BCUT2D eigenvalue weighted by Crippen LogP contribution is 2.15. The van der Waals surface area contributed by atoms with Crippen molar-refractivity contribution in [3.63, 3.8) is 0 Å². The molecular weight excluding hydrogens is 304 g/mol. The fraction of sp³-hybridized carbons (Fsp3) is 0.389. The molecule has 1 atom stereocenters. The van der Waals surface area contributed by atoms with Crippen LogP contribution < -0.4 is 10.2 Å². The highest BCUT2D eigenvalue weighted by Gasteiger charge is 2.18. The van der Waals surface area contributed by atoms with E-state index in [-0.39, 0.29) is 11.9 Å². The number of morpholine rings is 1. The van der Waals surface area contributed by atoms with Crippen LogP contribution in [0, 0.1) is 6.92 Å². The summed E-state index contributed by atoms with van der Waals surface area (Å²) in [4.78, 5) is 23.5. The zero-order valence-electron chi connectivity index (χ0n) is 14.0. The maximum absolute atomic E-state index is 12.6. The Kier molecular flexibility index (Phi) is 5.05. The number of hydrogen-bond donors (Lipinski definition) is 1. The van der Waals surface area contributed by atoms with Gasteiger partial charge in [0.1, 0.15) is 5.69 Å². The van der Waals surface area contributed by atoms with Gasteiger partial charge in [-0.15, -0.1) is 0 Å². The van der Waals surface area contributed by atoms with Crippen LogP contribution in [-0.4, -0.2) is 42.2 Å². The van der Waals surface area contributed by atoms with Gasteiger partial charge in [0.15, 0.2) is 0 Å². The van der Waals surface area contributed by atoms with Gasteiger partial charge in [0, 0.05) is 18.8 Å². The van der Waals surface area contributed by atoms with Crippen molar-refractivity contribution in [1.29, 1.82) is 0 Å². The quantitative estimate of drug-likeness (QED) is 0.932. The lowest BCUT2D eigenvalue weighted by atomic mass is 10.1. The number of rotatable bonds is 4. The van der Waals surface area contributed by atoms with E-state index >= 15 is 0 Å². The van der Waals surface area contributed by atoms with Crippen LogP contribution in [0.5, 0.6) is 0 Å². The molecular formula is C18H22N4O2. The molecule has 0 bridgehead atoms. The molecule has 1 N–H and O–H groups in total. The smallest absolute Gasteiger partial charge is 0.270 e. The topological polar surface area (TPSA) is 67.4 Å². The highest BCUT2D eigenvalue weighted by molar-refractivity contribution is 5.92. The van der Waals surface area contributed by atoms with Gasteiger partial charge in [-0.2, -0.15) is 0 Å². The molecule has 0 aliphatic carbocycles. The molecule has 0 saturated carbocycles. The Morgan fingerprint density at radius 1 is 1.21 bits per heavy atom. The van der Waals surface area contributed by atoms with Crippen molar-refractivity contribution in [3.8, 4) is 0 Å². The third-order valence-electron chi connectivity index (χ3n) is 4.02. The number of amides is 1. The van der Waals surface area contributed by atoms with E-state index < -0.39 is 0 Å². The number of nitrogens with one attached hydrogen (secondary N) is 1. The summed E-state index contributed by atoms with van der Waals surface area (Å²) < 4.78 is 5.35. The molecule has 0 radical (unpaired) electrons. The van der Waals surface area contributed by atoms with Crippen molar-refractivity contribution in [2.75, 3.05) is 31.2 Å². The Hall–Kier alpha value is -2.47. The van der Waals surface area contributed by atoms with Crippen molar-refractivity contribution >= 4 is 11.9 Å². The number of hydrogen-bond acceptors (Lipinski definition) is 5. The average Bonchev–Trinajstić information content (AvgIpc) is 2.62. The van der Waals surface area contributed by atoms with Crippen LogP contribution in [0.25, 0.3) is 0 Å². The SMILES string of the molecule is Cc1cc(C(=O)NC(C)c2ccccc2)nc(N2CCOCC2)n1. The van der Waals surface area contributed by atoms with E-state index in [2.05, 4.69) is 15.3 Å². The first-order chi connectivity index (χ1) is 11.6. The summed E-state index contributed by atoms with van der Waals surface area (Å²) >= 11 is 0. The Morgan fingerprint density at radius 2 is 1.92 bits per heavy atom. The van der Waals surface area contributed by atoms with Gasteiger partial charge >= 0.3 is 0 Å². The minimum atomic E-state index is -0.189. The van der Waals surface area contributed by atoms with Crippen molar-refractivity contribution in [2.24, 2.45) is 0 Å². The zero-order valence-corrected chi connectivity index (χ0v) is 14.0. The predicted octanol–water partition coefficient (Wildman–Crippen LogP) is 2.11. The number of carbonyl (C=O) groups is 1. The number of aryl methyl sites for hydroxylation is 1. The second-order valence-corrected chi connectivity index (χ2v) is 5.90. The highest BCUT2D eigenvalue weighted by atomic mass is 16.5. The molecule has 3 rings (SSSR count). The second kappa shape index (κ2) is 7.40. The summed E-state index contributed by atoms with van der Waals surface area (Å²) in [5, 5.41) is 3.00. The number of nitrogens with zero attached hydrogens (tertiary/aromatic N) is 3. The van der Waals surface area contributed by atoms with Gasteiger partial charge in [-0.05, 0) is 25.5 Å². The number of ether oxygens (including phenoxy) is 1. The van der Waals surface area contributed by atoms with E-state index in [0.717, 1.165) is 24.3 Å². The molecule has 2 heterocycles. The van der Waals surface area contributed by atoms with Crippen LogP contribution in [-0.2, 0) is 4.74 Å². The van der Waals surface area contributed by atoms with Crippen molar-refractivity contribution < 1.29 is 9.53 Å². The molecule has 6 heteroatoms. The van der Waals surface area contributed by atoms with Crippen LogP contribution in [0.3, 0.4) is 0 Å². The summed E-state index contributed by atoms with van der Waals surface area (Å²) in [5.41, 5.74) is 2.24. The van der Waals surface area contributed by atoms with Crippen LogP contribution in [0.4, 0.5) is 5.95 Å². The molecule has 1 aromatic carbocycles. The molecule has 1 unspecified atom stereocenters. The summed E-state index contributed by atoms with van der Waals surface area (Å²) in [7, 11) is 0. The molecule has 1 saturated heterocycles. The van der Waals surface area contributed by atoms with E-state index in [1.54, 1.807) is 6.07 Å². The average molecular weight is 326 g/mol. The number of benzene rings is 1. The van der Waals surface area contributed by atoms with Crippen LogP contribution in [0.2, 0.25) is 0 Å². The molecule has 24 heavy (non-hydrogen) atoms. The third-order valence-corrected chi connectivity index (χ3v) is 4.02. The van der Waals surface area contributed by atoms with E-state index in [1.165, 1.54) is 0 Å². The summed E-state index contributed by atoms with van der Waals surface area (Å²) in [6, 6.07) is 11.5. The van der Waals surface area contributed by atoms with E-state index in [4.69, 9.17) is 4.74 Å². The monoisotopic (exact) mass is 326 g/mol. The van der Waals surface area contributed by atoms with Crippen LogP contribution in [0.1, 0.15) is 34.7 Å². The Morgan fingerprint density at radius 3 is 2.62 bits per heavy atom. The number of aromatic nitrogens is 2. The fourth-order valence-electron chi connectivity index (χ4n) is 2.67. The molecule has 1 aliphatic rings. The van der Waals surface area contributed by atoms with Crippen molar-refractivity contribution in [3.05, 3.63) is 53.3 Å². The number of carbonyl (C=O) groups excluding carboxylic acids is 1. The molecule has 1 amide bonds. The first-order valence-electron chi connectivity index (χ1n) is 8.17. The first-order valence-corrected chi connectivity index (χ1v) is 8.17. The fourth-order valence-corrected chi connectivity index (χ4v) is 2.67. The lowest BCUT2D eigenvalue weighted by Crippen LogP contribution is -2.38. The van der Waals surface area contributed by atoms with E-state index in [0.29, 0.717) is 24.9 Å². The molecule has 1 aliphatic heterocycles. The van der Waals surface area contributed by atoms with Crippen molar-refractivity contribution in [2.45, 2.75) is 19.9 Å². The summed E-state index contributed by atoms with van der Waals surface area (Å²) in [6.45, 7) is 6.64. The second-order valence-electron chi connectivity index (χ2n) is 5.90. The third kappa shape index (κ3) is 3.89. The van der Waals surface area contributed by atoms with Gasteiger partial charge in [-0.25, -0.2) is 9.97 Å². The molecule has 0 spiro atoms. The maximum Gasteiger partial charge on any atom is 0.270 e. The lowest BCUT2D eigenvalue weighted by Gasteiger charge is -2.27. The van der Waals surface area contributed by atoms with E-state index in [9.17, 15) is 4.79 Å². The lowest BCUT2D eigenvalue weighted by molar-refractivity contribution is 0.0934. The van der Waals surface area contributed by atoms with Gasteiger partial charge < -0.3 is 15.0 Å². The summed E-state index contributed by atoms with van der Waals surface area (Å²) in [6.07, 6.45) is 0. The van der Waals surface area contributed by atoms with Crippen LogP contribution >= 0.6 is 0 Å². The largest absolute Gasteiger partial charge is 0.378 e. The van der Waals surface area contributed by atoms with E-state index in [1.807, 2.05) is 49.1 Å². The predicted molar refractivity (Wildman–Crippen MR) is 92.1 cm³/mol. The minimum Gasteiger partial charge on any atom is -0.378 e. The Labute approximate surface area is 141 Å². The zero-order chi connectivity index (χ0) is 16.9.